The molecule has 1 aromatic carbocycles. The van der Waals surface area contributed by atoms with Crippen LogP contribution in [0.15, 0.2) is 18.2 Å². The molecule has 0 bridgehead atoms. The highest BCUT2D eigenvalue weighted by atomic mass is 16.5. The molecule has 1 atom stereocenters. The number of rotatable bonds is 6. The van der Waals surface area contributed by atoms with Crippen molar-refractivity contribution in [3.05, 3.63) is 23.8 Å². The van der Waals surface area contributed by atoms with E-state index < -0.39 is 6.10 Å². The van der Waals surface area contributed by atoms with Crippen molar-refractivity contribution in [2.45, 2.75) is 26.4 Å². The molecule has 1 aromatic rings. The highest BCUT2D eigenvalue weighted by Gasteiger charge is 2.31. The highest BCUT2D eigenvalue weighted by molar-refractivity contribution is 6.00. The van der Waals surface area contributed by atoms with Gasteiger partial charge in [-0.1, -0.05) is 6.07 Å². The molecule has 0 aliphatic carbocycles. The molecule has 1 heterocycles. The number of carbonyl (C=O) groups excluding carboxylic acids is 2. The predicted octanol–water partition coefficient (Wildman–Crippen LogP) is 1.26. The third kappa shape index (κ3) is 3.76. The van der Waals surface area contributed by atoms with Gasteiger partial charge in [-0.05, 0) is 31.5 Å². The summed E-state index contributed by atoms with van der Waals surface area (Å²) in [5, 5.41) is 2.75. The fourth-order valence-electron chi connectivity index (χ4n) is 2.34. The normalized spacial score (nSPS) is 17.0. The smallest absolute Gasteiger partial charge is 0.267 e. The number of hydrogen-bond donors (Lipinski definition) is 1. The first-order valence-electron chi connectivity index (χ1n) is 7.37. The Kier molecular flexibility index (Phi) is 5.38. The minimum absolute atomic E-state index is 0.0989. The summed E-state index contributed by atoms with van der Waals surface area (Å²) in [7, 11) is 1.58. The quantitative estimate of drug-likeness (QED) is 0.804. The third-order valence-corrected chi connectivity index (χ3v) is 3.51. The van der Waals surface area contributed by atoms with E-state index in [1.165, 1.54) is 0 Å². The Labute approximate surface area is 130 Å². The summed E-state index contributed by atoms with van der Waals surface area (Å²) in [5.74, 6) is 0.457. The van der Waals surface area contributed by atoms with E-state index >= 15 is 0 Å². The van der Waals surface area contributed by atoms with E-state index in [0.29, 0.717) is 25.4 Å². The summed E-state index contributed by atoms with van der Waals surface area (Å²) < 4.78 is 10.5. The number of fused-ring (bicyclic) bond motifs is 1. The number of nitrogens with one attached hydrogen (secondary N) is 1. The van der Waals surface area contributed by atoms with E-state index in [-0.39, 0.29) is 18.2 Å². The van der Waals surface area contributed by atoms with Gasteiger partial charge in [0.25, 0.3) is 5.91 Å². The fraction of sp³-hybridized carbons (Fsp3) is 0.500. The highest BCUT2D eigenvalue weighted by Crippen LogP contribution is 2.34. The molecule has 0 radical (unpaired) electrons. The van der Waals surface area contributed by atoms with Gasteiger partial charge in [-0.25, -0.2) is 0 Å². The zero-order valence-electron chi connectivity index (χ0n) is 13.2. The second-order valence-electron chi connectivity index (χ2n) is 5.31. The first kappa shape index (κ1) is 16.3. The molecular formula is C16H22N2O4. The number of carbonyl (C=O) groups is 2. The van der Waals surface area contributed by atoms with E-state index in [9.17, 15) is 9.59 Å². The lowest BCUT2D eigenvalue weighted by molar-refractivity contribution is -0.125. The maximum Gasteiger partial charge on any atom is 0.267 e. The number of nitrogens with zero attached hydrogens (tertiary/aromatic N) is 1. The van der Waals surface area contributed by atoms with Crippen LogP contribution in [0.25, 0.3) is 0 Å². The number of anilines is 1. The molecule has 2 amide bonds. The largest absolute Gasteiger partial charge is 0.479 e. The summed E-state index contributed by atoms with van der Waals surface area (Å²) in [6, 6.07) is 5.71. The molecule has 6 heteroatoms. The lowest BCUT2D eigenvalue weighted by atomic mass is 10.1. The van der Waals surface area contributed by atoms with Crippen LogP contribution in [-0.2, 0) is 14.3 Å². The van der Waals surface area contributed by atoms with Gasteiger partial charge in [-0.2, -0.15) is 0 Å². The maximum atomic E-state index is 12.3. The minimum Gasteiger partial charge on any atom is -0.479 e. The standard InChI is InChI=1S/C16H22N2O4/c1-11-4-5-14-13(10-11)18(16(20)12(2)22-14)8-6-15(19)17-7-9-21-3/h4-5,10,12H,6-9H2,1-3H3,(H,17,19)/t12-/m1/s1. The van der Waals surface area contributed by atoms with Crippen LogP contribution >= 0.6 is 0 Å². The molecule has 1 aliphatic rings. The molecule has 0 saturated heterocycles. The molecule has 0 saturated carbocycles. The molecule has 1 N–H and O–H groups in total. The zero-order chi connectivity index (χ0) is 16.1. The van der Waals surface area contributed by atoms with Gasteiger partial charge in [0.1, 0.15) is 5.75 Å². The van der Waals surface area contributed by atoms with E-state index in [4.69, 9.17) is 9.47 Å². The van der Waals surface area contributed by atoms with Crippen LogP contribution in [0.2, 0.25) is 0 Å². The van der Waals surface area contributed by atoms with Crippen molar-refractivity contribution in [3.63, 3.8) is 0 Å². The Balaban J connectivity index is 2.04. The molecule has 22 heavy (non-hydrogen) atoms. The number of amides is 2. The molecule has 0 spiro atoms. The lowest BCUT2D eigenvalue weighted by Crippen LogP contribution is -2.46. The molecule has 0 aromatic heterocycles. The van der Waals surface area contributed by atoms with Crippen molar-refractivity contribution in [1.82, 2.24) is 5.32 Å². The van der Waals surface area contributed by atoms with Crippen LogP contribution in [0.1, 0.15) is 18.9 Å². The number of benzene rings is 1. The lowest BCUT2D eigenvalue weighted by Gasteiger charge is -2.33. The Bertz CT molecular complexity index is 559. The molecule has 1 aliphatic heterocycles. The van der Waals surface area contributed by atoms with Crippen LogP contribution in [-0.4, -0.2) is 44.7 Å². The SMILES string of the molecule is COCCNC(=O)CCN1C(=O)[C@@H](C)Oc2ccc(C)cc21. The second kappa shape index (κ2) is 7.26. The van der Waals surface area contributed by atoms with E-state index in [1.54, 1.807) is 18.9 Å². The summed E-state index contributed by atoms with van der Waals surface area (Å²) >= 11 is 0. The Morgan fingerprint density at radius 2 is 2.23 bits per heavy atom. The van der Waals surface area contributed by atoms with Crippen LogP contribution in [0.3, 0.4) is 0 Å². The Morgan fingerprint density at radius 3 is 2.95 bits per heavy atom. The van der Waals surface area contributed by atoms with Crippen LogP contribution in [0, 0.1) is 6.92 Å². The van der Waals surface area contributed by atoms with Gasteiger partial charge >= 0.3 is 0 Å². The molecule has 2 rings (SSSR count). The average molecular weight is 306 g/mol. The van der Waals surface area contributed by atoms with Gasteiger partial charge in [0.2, 0.25) is 5.91 Å². The minimum atomic E-state index is -0.535. The summed E-state index contributed by atoms with van der Waals surface area (Å²) in [4.78, 5) is 25.7. The molecular weight excluding hydrogens is 284 g/mol. The van der Waals surface area contributed by atoms with Crippen molar-refractivity contribution in [2.75, 3.05) is 31.7 Å². The first-order valence-corrected chi connectivity index (χ1v) is 7.37. The number of ether oxygens (including phenoxy) is 2. The van der Waals surface area contributed by atoms with Crippen molar-refractivity contribution in [2.24, 2.45) is 0 Å². The van der Waals surface area contributed by atoms with Crippen molar-refractivity contribution >= 4 is 17.5 Å². The molecule has 0 unspecified atom stereocenters. The second-order valence-corrected chi connectivity index (χ2v) is 5.31. The van der Waals surface area contributed by atoms with Gasteiger partial charge in [-0.15, -0.1) is 0 Å². The number of methoxy groups -OCH3 is 1. The van der Waals surface area contributed by atoms with Gasteiger partial charge in [-0.3, -0.25) is 9.59 Å². The summed E-state index contributed by atoms with van der Waals surface area (Å²) in [6.07, 6.45) is -0.290. The van der Waals surface area contributed by atoms with Crippen LogP contribution < -0.4 is 15.0 Å². The molecule has 0 fully saturated rings. The summed E-state index contributed by atoms with van der Waals surface area (Å²) in [5.41, 5.74) is 1.77. The van der Waals surface area contributed by atoms with Crippen molar-refractivity contribution in [3.8, 4) is 5.75 Å². The van der Waals surface area contributed by atoms with E-state index in [1.807, 2.05) is 25.1 Å². The first-order chi connectivity index (χ1) is 10.5. The van der Waals surface area contributed by atoms with Crippen molar-refractivity contribution in [1.29, 1.82) is 0 Å². The van der Waals surface area contributed by atoms with Gasteiger partial charge in [0, 0.05) is 26.6 Å². The molecule has 120 valence electrons. The van der Waals surface area contributed by atoms with E-state index in [2.05, 4.69) is 5.32 Å². The third-order valence-electron chi connectivity index (χ3n) is 3.51. The van der Waals surface area contributed by atoms with Gasteiger partial charge in [0.05, 0.1) is 12.3 Å². The predicted molar refractivity (Wildman–Crippen MR) is 83.1 cm³/mol. The van der Waals surface area contributed by atoms with Crippen molar-refractivity contribution < 1.29 is 19.1 Å². The van der Waals surface area contributed by atoms with Gasteiger partial charge < -0.3 is 19.7 Å². The number of aryl methyl sites for hydroxylation is 1. The van der Waals surface area contributed by atoms with Crippen LogP contribution in [0.5, 0.6) is 5.75 Å². The Morgan fingerprint density at radius 1 is 1.45 bits per heavy atom. The average Bonchev–Trinajstić information content (AvgIpc) is 2.49. The molecule has 6 nitrogen and oxygen atoms in total. The van der Waals surface area contributed by atoms with Crippen LogP contribution in [0.4, 0.5) is 5.69 Å². The zero-order valence-corrected chi connectivity index (χ0v) is 13.2. The van der Waals surface area contributed by atoms with E-state index in [0.717, 1.165) is 11.3 Å². The number of hydrogen-bond acceptors (Lipinski definition) is 4. The Hall–Kier alpha value is -2.08. The summed E-state index contributed by atoms with van der Waals surface area (Å²) in [6.45, 7) is 4.96. The fourth-order valence-corrected chi connectivity index (χ4v) is 2.34. The maximum absolute atomic E-state index is 12.3. The monoisotopic (exact) mass is 306 g/mol. The topological polar surface area (TPSA) is 67.9 Å². The van der Waals surface area contributed by atoms with Gasteiger partial charge in [0.15, 0.2) is 6.10 Å².